The molecule has 0 saturated heterocycles. The Labute approximate surface area is 155 Å². The first-order chi connectivity index (χ1) is 12.6. The average Bonchev–Trinajstić information content (AvgIpc) is 2.61. The van der Waals surface area contributed by atoms with Crippen LogP contribution in [0.5, 0.6) is 0 Å². The number of rotatable bonds is 7. The highest BCUT2D eigenvalue weighted by Crippen LogP contribution is 2.26. The first-order valence-corrected chi connectivity index (χ1v) is 8.02. The molecule has 0 radical (unpaired) electrons. The maximum atomic E-state index is 12.5. The fourth-order valence-corrected chi connectivity index (χ4v) is 2.35. The van der Waals surface area contributed by atoms with Crippen molar-refractivity contribution in [2.24, 2.45) is 5.41 Å². The van der Waals surface area contributed by atoms with Gasteiger partial charge in [0.2, 0.25) is 5.91 Å². The quantitative estimate of drug-likeness (QED) is 0.436. The smallest absolute Gasteiger partial charge is 0.335 e. The zero-order valence-electron chi connectivity index (χ0n) is 14.8. The number of carboxylic acid groups (broad SMARTS) is 1. The van der Waals surface area contributed by atoms with Crippen LogP contribution in [0, 0.1) is 15.5 Å². The third-order valence-electron chi connectivity index (χ3n) is 4.01. The lowest BCUT2D eigenvalue weighted by molar-refractivity contribution is -0.384. The van der Waals surface area contributed by atoms with Gasteiger partial charge in [-0.1, -0.05) is 13.8 Å². The molecule has 2 N–H and O–H groups in total. The molecule has 0 aliphatic heterocycles. The summed E-state index contributed by atoms with van der Waals surface area (Å²) in [6.07, 6.45) is -0.0934. The highest BCUT2D eigenvalue weighted by molar-refractivity contribution is 6.02. The zero-order chi connectivity index (χ0) is 20.2. The van der Waals surface area contributed by atoms with Crippen LogP contribution in [0.4, 0.5) is 11.4 Å². The molecule has 0 heterocycles. The minimum absolute atomic E-state index is 0.0934. The van der Waals surface area contributed by atoms with E-state index in [-0.39, 0.29) is 29.0 Å². The molecule has 0 fully saturated rings. The summed E-state index contributed by atoms with van der Waals surface area (Å²) in [5, 5.41) is 22.2. The monoisotopic (exact) mass is 370 g/mol. The number of carboxylic acids is 1. The number of Topliss-reactive ketones (excluding diaryl/α,β-unsaturated/α-hetero) is 1. The molecule has 140 valence electrons. The number of benzene rings is 2. The molecule has 2 aromatic carbocycles. The summed E-state index contributed by atoms with van der Waals surface area (Å²) < 4.78 is 0. The molecule has 0 spiro atoms. The van der Waals surface area contributed by atoms with E-state index >= 15 is 0 Å². The molecule has 2 aromatic rings. The molecule has 0 aliphatic rings. The standard InChI is InChI=1S/C19H18N2O6/c1-19(2,11-16(22)12-5-9-15(10-6-12)21(26)27)18(25)20-14-7-3-13(4-8-14)17(23)24/h3-10H,11H2,1-2H3,(H,20,25)(H,23,24). The number of hydrogen-bond acceptors (Lipinski definition) is 5. The van der Waals surface area contributed by atoms with Crippen molar-refractivity contribution in [1.29, 1.82) is 0 Å². The van der Waals surface area contributed by atoms with Crippen LogP contribution in [0.3, 0.4) is 0 Å². The number of non-ortho nitro benzene ring substituents is 1. The summed E-state index contributed by atoms with van der Waals surface area (Å²) in [5.41, 5.74) is -0.355. The first-order valence-electron chi connectivity index (χ1n) is 8.02. The van der Waals surface area contributed by atoms with E-state index in [2.05, 4.69) is 5.32 Å². The van der Waals surface area contributed by atoms with Crippen molar-refractivity contribution >= 4 is 29.0 Å². The number of nitrogens with one attached hydrogen (secondary N) is 1. The number of hydrogen-bond donors (Lipinski definition) is 2. The topological polar surface area (TPSA) is 127 Å². The SMILES string of the molecule is CC(C)(CC(=O)c1ccc([N+](=O)[O-])cc1)C(=O)Nc1ccc(C(=O)O)cc1. The summed E-state index contributed by atoms with van der Waals surface area (Å²) >= 11 is 0. The third kappa shape index (κ3) is 4.97. The van der Waals surface area contributed by atoms with Crippen molar-refractivity contribution in [1.82, 2.24) is 0 Å². The highest BCUT2D eigenvalue weighted by atomic mass is 16.6. The average molecular weight is 370 g/mol. The van der Waals surface area contributed by atoms with Gasteiger partial charge in [-0.15, -0.1) is 0 Å². The van der Waals surface area contributed by atoms with Gasteiger partial charge in [0.15, 0.2) is 5.78 Å². The van der Waals surface area contributed by atoms with Crippen LogP contribution in [0.1, 0.15) is 41.0 Å². The predicted molar refractivity (Wildman–Crippen MR) is 97.9 cm³/mol. The van der Waals surface area contributed by atoms with Crippen molar-refractivity contribution in [3.05, 3.63) is 69.8 Å². The van der Waals surface area contributed by atoms with Gasteiger partial charge in [0.05, 0.1) is 15.9 Å². The zero-order valence-corrected chi connectivity index (χ0v) is 14.8. The Kier molecular flexibility index (Phi) is 5.69. The maximum absolute atomic E-state index is 12.5. The largest absolute Gasteiger partial charge is 0.478 e. The third-order valence-corrected chi connectivity index (χ3v) is 4.01. The van der Waals surface area contributed by atoms with Crippen LogP contribution < -0.4 is 5.32 Å². The molecular weight excluding hydrogens is 352 g/mol. The van der Waals surface area contributed by atoms with E-state index in [4.69, 9.17) is 5.11 Å². The maximum Gasteiger partial charge on any atom is 0.335 e. The van der Waals surface area contributed by atoms with E-state index in [9.17, 15) is 24.5 Å². The number of carbonyl (C=O) groups is 3. The van der Waals surface area contributed by atoms with Gasteiger partial charge in [-0.05, 0) is 36.4 Å². The summed E-state index contributed by atoms with van der Waals surface area (Å²) in [6.45, 7) is 3.22. The van der Waals surface area contributed by atoms with Gasteiger partial charge in [0.1, 0.15) is 0 Å². The number of amides is 1. The van der Waals surface area contributed by atoms with Gasteiger partial charge in [-0.25, -0.2) is 4.79 Å². The van der Waals surface area contributed by atoms with Gasteiger partial charge in [-0.3, -0.25) is 19.7 Å². The van der Waals surface area contributed by atoms with Crippen molar-refractivity contribution in [3.8, 4) is 0 Å². The number of aromatic carboxylic acids is 1. The van der Waals surface area contributed by atoms with Gasteiger partial charge >= 0.3 is 5.97 Å². The van der Waals surface area contributed by atoms with Crippen LogP contribution >= 0.6 is 0 Å². The Morgan fingerprint density at radius 2 is 1.52 bits per heavy atom. The second-order valence-electron chi connectivity index (χ2n) is 6.62. The van der Waals surface area contributed by atoms with Gasteiger partial charge in [0.25, 0.3) is 5.69 Å². The minimum Gasteiger partial charge on any atom is -0.478 e. The number of carbonyl (C=O) groups excluding carboxylic acids is 2. The highest BCUT2D eigenvalue weighted by Gasteiger charge is 2.31. The van der Waals surface area contributed by atoms with Crippen molar-refractivity contribution in [2.75, 3.05) is 5.32 Å². The second kappa shape index (κ2) is 7.77. The summed E-state index contributed by atoms with van der Waals surface area (Å²) in [4.78, 5) is 45.9. The lowest BCUT2D eigenvalue weighted by atomic mass is 9.84. The molecule has 1 amide bonds. The van der Waals surface area contributed by atoms with E-state index in [1.807, 2.05) is 0 Å². The predicted octanol–water partition coefficient (Wildman–Crippen LogP) is 3.53. The van der Waals surface area contributed by atoms with Gasteiger partial charge < -0.3 is 10.4 Å². The Morgan fingerprint density at radius 1 is 1.00 bits per heavy atom. The van der Waals surface area contributed by atoms with Crippen molar-refractivity contribution in [3.63, 3.8) is 0 Å². The number of nitrogens with zero attached hydrogens (tertiary/aromatic N) is 1. The molecule has 0 aliphatic carbocycles. The minimum atomic E-state index is -1.07. The molecule has 0 aromatic heterocycles. The molecule has 27 heavy (non-hydrogen) atoms. The van der Waals surface area contributed by atoms with E-state index in [0.717, 1.165) is 0 Å². The number of anilines is 1. The number of nitro benzene ring substituents is 1. The normalized spacial score (nSPS) is 10.9. The van der Waals surface area contributed by atoms with E-state index in [1.54, 1.807) is 13.8 Å². The summed E-state index contributed by atoms with van der Waals surface area (Å²) in [6, 6.07) is 10.9. The van der Waals surface area contributed by atoms with E-state index < -0.39 is 22.2 Å². The first kappa shape index (κ1) is 19.8. The van der Waals surface area contributed by atoms with E-state index in [0.29, 0.717) is 5.69 Å². The Hall–Kier alpha value is -3.55. The fourth-order valence-electron chi connectivity index (χ4n) is 2.35. The lowest BCUT2D eigenvalue weighted by Gasteiger charge is -2.23. The van der Waals surface area contributed by atoms with E-state index in [1.165, 1.54) is 48.5 Å². The van der Waals surface area contributed by atoms with Crippen molar-refractivity contribution in [2.45, 2.75) is 20.3 Å². The fraction of sp³-hybridized carbons (Fsp3) is 0.211. The molecule has 2 rings (SSSR count). The van der Waals surface area contributed by atoms with Crippen LogP contribution in [0.15, 0.2) is 48.5 Å². The molecule has 0 unspecified atom stereocenters. The Balaban J connectivity index is 2.05. The lowest BCUT2D eigenvalue weighted by Crippen LogP contribution is -2.33. The second-order valence-corrected chi connectivity index (χ2v) is 6.62. The molecule has 0 saturated carbocycles. The Morgan fingerprint density at radius 3 is 2.00 bits per heavy atom. The van der Waals surface area contributed by atoms with Crippen LogP contribution in [-0.4, -0.2) is 27.7 Å². The molecular formula is C19H18N2O6. The number of ketones is 1. The number of nitro groups is 1. The summed E-state index contributed by atoms with van der Waals surface area (Å²) in [5.74, 6) is -1.78. The van der Waals surface area contributed by atoms with Crippen LogP contribution in [0.25, 0.3) is 0 Å². The molecule has 0 bridgehead atoms. The van der Waals surface area contributed by atoms with Gasteiger partial charge in [-0.2, -0.15) is 0 Å². The molecule has 0 atom stereocenters. The van der Waals surface area contributed by atoms with Gasteiger partial charge in [0, 0.05) is 29.8 Å². The van der Waals surface area contributed by atoms with Crippen LogP contribution in [-0.2, 0) is 4.79 Å². The molecule has 8 nitrogen and oxygen atoms in total. The summed E-state index contributed by atoms with van der Waals surface area (Å²) in [7, 11) is 0. The van der Waals surface area contributed by atoms with Crippen LogP contribution in [0.2, 0.25) is 0 Å². The molecule has 8 heteroatoms. The Bertz CT molecular complexity index is 885. The van der Waals surface area contributed by atoms with Crippen molar-refractivity contribution < 1.29 is 24.4 Å².